The van der Waals surface area contributed by atoms with Crippen molar-refractivity contribution in [1.82, 2.24) is 4.57 Å². The van der Waals surface area contributed by atoms with Crippen LogP contribution in [-0.2, 0) is 12.5 Å². The van der Waals surface area contributed by atoms with Crippen LogP contribution >= 0.6 is 0 Å². The molecule has 2 rings (SSSR count). The Morgan fingerprint density at radius 3 is 2.47 bits per heavy atom. The minimum Gasteiger partial charge on any atom is -0.478 e. The van der Waals surface area contributed by atoms with Gasteiger partial charge in [-0.15, -0.1) is 0 Å². The lowest BCUT2D eigenvalue weighted by molar-refractivity contribution is 0.0698. The molecule has 0 aliphatic carbocycles. The molecule has 90 valence electrons. The second-order valence-electron chi connectivity index (χ2n) is 5.44. The first-order chi connectivity index (χ1) is 7.80. The first kappa shape index (κ1) is 11.7. The van der Waals surface area contributed by atoms with Crippen molar-refractivity contribution in [1.29, 1.82) is 0 Å². The summed E-state index contributed by atoms with van der Waals surface area (Å²) in [5.41, 5.74) is 2.16. The van der Waals surface area contributed by atoms with Crippen LogP contribution in [0.25, 0.3) is 10.9 Å². The standard InChI is InChI=1S/C14H17NO2/c1-14(2,3)10-7-9-5-6-15(4)12(9)11(8-10)13(16)17/h5-8H,1-4H3,(H,16,17). The topological polar surface area (TPSA) is 42.2 Å². The van der Waals surface area contributed by atoms with E-state index in [0.29, 0.717) is 5.56 Å². The van der Waals surface area contributed by atoms with E-state index in [1.807, 2.05) is 23.9 Å². The molecule has 0 atom stereocenters. The SMILES string of the molecule is Cn1ccc2cc(C(C)(C)C)cc(C(=O)O)c21. The van der Waals surface area contributed by atoms with Gasteiger partial charge in [-0.05, 0) is 29.2 Å². The van der Waals surface area contributed by atoms with Crippen molar-refractivity contribution in [2.75, 3.05) is 0 Å². The summed E-state index contributed by atoms with van der Waals surface area (Å²) in [6, 6.07) is 5.81. The molecule has 3 heteroatoms. The smallest absolute Gasteiger partial charge is 0.337 e. The monoisotopic (exact) mass is 231 g/mol. The summed E-state index contributed by atoms with van der Waals surface area (Å²) in [6.45, 7) is 6.26. The Balaban J connectivity index is 2.83. The largest absolute Gasteiger partial charge is 0.478 e. The molecule has 0 unspecified atom stereocenters. The van der Waals surface area contributed by atoms with E-state index in [1.165, 1.54) is 0 Å². The van der Waals surface area contributed by atoms with Crippen LogP contribution in [0.3, 0.4) is 0 Å². The molecule has 0 saturated carbocycles. The minimum absolute atomic E-state index is 0.0474. The summed E-state index contributed by atoms with van der Waals surface area (Å²) >= 11 is 0. The van der Waals surface area contributed by atoms with Gasteiger partial charge in [-0.3, -0.25) is 0 Å². The molecule has 0 radical (unpaired) electrons. The molecule has 3 nitrogen and oxygen atoms in total. The van der Waals surface area contributed by atoms with E-state index in [9.17, 15) is 9.90 Å². The van der Waals surface area contributed by atoms with Crippen LogP contribution in [0, 0.1) is 0 Å². The molecule has 1 aromatic carbocycles. The number of carboxylic acid groups (broad SMARTS) is 1. The molecule has 1 heterocycles. The number of aromatic carboxylic acids is 1. The van der Waals surface area contributed by atoms with Crippen LogP contribution in [0.1, 0.15) is 36.7 Å². The normalized spacial score (nSPS) is 12.0. The third-order valence-electron chi connectivity index (χ3n) is 3.07. The zero-order valence-corrected chi connectivity index (χ0v) is 10.6. The maximum atomic E-state index is 11.3. The summed E-state index contributed by atoms with van der Waals surface area (Å²) < 4.78 is 1.85. The van der Waals surface area contributed by atoms with Crippen molar-refractivity contribution >= 4 is 16.9 Å². The van der Waals surface area contributed by atoms with Crippen molar-refractivity contribution in [3.05, 3.63) is 35.5 Å². The Labute approximate surface area is 101 Å². The Hall–Kier alpha value is -1.77. The van der Waals surface area contributed by atoms with Crippen LogP contribution in [0.15, 0.2) is 24.4 Å². The van der Waals surface area contributed by atoms with Gasteiger partial charge in [0, 0.05) is 18.6 Å². The van der Waals surface area contributed by atoms with Crippen LogP contribution in [-0.4, -0.2) is 15.6 Å². The Morgan fingerprint density at radius 2 is 1.94 bits per heavy atom. The van der Waals surface area contributed by atoms with Crippen molar-refractivity contribution < 1.29 is 9.90 Å². The molecule has 0 amide bonds. The molecule has 2 aromatic rings. The second kappa shape index (κ2) is 3.62. The Morgan fingerprint density at radius 1 is 1.29 bits per heavy atom. The third kappa shape index (κ3) is 1.93. The van der Waals surface area contributed by atoms with Crippen LogP contribution in [0.5, 0.6) is 0 Å². The highest BCUT2D eigenvalue weighted by Crippen LogP contribution is 2.29. The summed E-state index contributed by atoms with van der Waals surface area (Å²) in [6.07, 6.45) is 1.89. The molecule has 17 heavy (non-hydrogen) atoms. The number of aromatic nitrogens is 1. The van der Waals surface area contributed by atoms with E-state index in [0.717, 1.165) is 16.5 Å². The average molecular weight is 231 g/mol. The van der Waals surface area contributed by atoms with Gasteiger partial charge in [0.25, 0.3) is 0 Å². The number of hydrogen-bond donors (Lipinski definition) is 1. The number of carbonyl (C=O) groups is 1. The van der Waals surface area contributed by atoms with Gasteiger partial charge in [0.2, 0.25) is 0 Å². The van der Waals surface area contributed by atoms with E-state index in [1.54, 1.807) is 6.07 Å². The predicted molar refractivity (Wildman–Crippen MR) is 68.6 cm³/mol. The van der Waals surface area contributed by atoms with Crippen LogP contribution in [0.2, 0.25) is 0 Å². The van der Waals surface area contributed by atoms with Gasteiger partial charge in [-0.2, -0.15) is 0 Å². The predicted octanol–water partition coefficient (Wildman–Crippen LogP) is 3.17. The summed E-state index contributed by atoms with van der Waals surface area (Å²) in [5.74, 6) is -0.872. The van der Waals surface area contributed by atoms with Gasteiger partial charge in [0.15, 0.2) is 0 Å². The fourth-order valence-electron chi connectivity index (χ4n) is 2.04. The van der Waals surface area contributed by atoms with Gasteiger partial charge >= 0.3 is 5.97 Å². The third-order valence-corrected chi connectivity index (χ3v) is 3.07. The molecule has 0 aliphatic heterocycles. The lowest BCUT2D eigenvalue weighted by Gasteiger charge is -2.20. The molecule has 0 fully saturated rings. The molecule has 0 bridgehead atoms. The van der Waals surface area contributed by atoms with E-state index in [4.69, 9.17) is 0 Å². The molecular weight excluding hydrogens is 214 g/mol. The fourth-order valence-corrected chi connectivity index (χ4v) is 2.04. The maximum Gasteiger partial charge on any atom is 0.337 e. The summed E-state index contributed by atoms with van der Waals surface area (Å²) in [4.78, 5) is 11.3. The lowest BCUT2D eigenvalue weighted by Crippen LogP contribution is -2.13. The van der Waals surface area contributed by atoms with E-state index in [-0.39, 0.29) is 5.41 Å². The quantitative estimate of drug-likeness (QED) is 0.819. The van der Waals surface area contributed by atoms with Gasteiger partial charge in [0.05, 0.1) is 11.1 Å². The lowest BCUT2D eigenvalue weighted by atomic mass is 9.85. The second-order valence-corrected chi connectivity index (χ2v) is 5.44. The maximum absolute atomic E-state index is 11.3. The van der Waals surface area contributed by atoms with E-state index >= 15 is 0 Å². The Bertz CT molecular complexity index is 588. The summed E-state index contributed by atoms with van der Waals surface area (Å²) in [7, 11) is 1.87. The molecule has 1 aromatic heterocycles. The fraction of sp³-hybridized carbons (Fsp3) is 0.357. The zero-order valence-electron chi connectivity index (χ0n) is 10.6. The van der Waals surface area contributed by atoms with Crippen molar-refractivity contribution in [2.24, 2.45) is 7.05 Å². The molecule has 0 spiro atoms. The Kier molecular flexibility index (Phi) is 2.49. The van der Waals surface area contributed by atoms with E-state index in [2.05, 4.69) is 26.8 Å². The number of benzene rings is 1. The van der Waals surface area contributed by atoms with Crippen molar-refractivity contribution in [3.63, 3.8) is 0 Å². The van der Waals surface area contributed by atoms with Gasteiger partial charge in [-0.25, -0.2) is 4.79 Å². The number of carboxylic acids is 1. The minimum atomic E-state index is -0.872. The van der Waals surface area contributed by atoms with Crippen molar-refractivity contribution in [3.8, 4) is 0 Å². The highest BCUT2D eigenvalue weighted by molar-refractivity contribution is 6.02. The van der Waals surface area contributed by atoms with Gasteiger partial charge < -0.3 is 9.67 Å². The highest BCUT2D eigenvalue weighted by Gasteiger charge is 2.19. The average Bonchev–Trinajstić information content (AvgIpc) is 2.58. The van der Waals surface area contributed by atoms with Crippen LogP contribution < -0.4 is 0 Å². The zero-order chi connectivity index (χ0) is 12.8. The van der Waals surface area contributed by atoms with E-state index < -0.39 is 5.97 Å². The first-order valence-corrected chi connectivity index (χ1v) is 5.63. The van der Waals surface area contributed by atoms with Crippen molar-refractivity contribution in [2.45, 2.75) is 26.2 Å². The molecule has 0 aliphatic rings. The molecule has 0 saturated heterocycles. The number of aryl methyl sites for hydroxylation is 1. The number of hydrogen-bond acceptors (Lipinski definition) is 1. The molecule has 1 N–H and O–H groups in total. The van der Waals surface area contributed by atoms with Gasteiger partial charge in [0.1, 0.15) is 0 Å². The number of nitrogens with zero attached hydrogens (tertiary/aromatic N) is 1. The summed E-state index contributed by atoms with van der Waals surface area (Å²) in [5, 5.41) is 10.3. The first-order valence-electron chi connectivity index (χ1n) is 5.63. The van der Waals surface area contributed by atoms with Crippen LogP contribution in [0.4, 0.5) is 0 Å². The number of rotatable bonds is 1. The molecular formula is C14H17NO2. The highest BCUT2D eigenvalue weighted by atomic mass is 16.4. The van der Waals surface area contributed by atoms with Gasteiger partial charge in [-0.1, -0.05) is 20.8 Å². The number of fused-ring (bicyclic) bond motifs is 1.